The van der Waals surface area contributed by atoms with Crippen LogP contribution in [0.2, 0.25) is 0 Å². The lowest BCUT2D eigenvalue weighted by atomic mass is 10.2. The van der Waals surface area contributed by atoms with Gasteiger partial charge in [0.1, 0.15) is 5.75 Å². The van der Waals surface area contributed by atoms with Crippen LogP contribution in [0.3, 0.4) is 0 Å². The number of rotatable bonds is 4. The number of phenols is 1. The highest BCUT2D eigenvalue weighted by Gasteiger charge is 2.05. The molecule has 0 fully saturated rings. The summed E-state index contributed by atoms with van der Waals surface area (Å²) in [6.07, 6.45) is 1.65. The summed E-state index contributed by atoms with van der Waals surface area (Å²) in [7, 11) is -3.66. The van der Waals surface area contributed by atoms with Crippen LogP contribution in [0.5, 0.6) is 5.75 Å². The molecule has 6 heteroatoms. The highest BCUT2D eigenvalue weighted by Crippen LogP contribution is 2.11. The maximum Gasteiger partial charge on any atom is 0.238 e. The number of aromatic hydroxyl groups is 1. The van der Waals surface area contributed by atoms with Crippen LogP contribution in [0, 0.1) is 0 Å². The molecule has 104 valence electrons. The predicted molar refractivity (Wildman–Crippen MR) is 77.2 cm³/mol. The van der Waals surface area contributed by atoms with E-state index >= 15 is 0 Å². The first-order valence-corrected chi connectivity index (χ1v) is 7.40. The molecule has 0 amide bonds. The van der Waals surface area contributed by atoms with E-state index in [-0.39, 0.29) is 10.6 Å². The van der Waals surface area contributed by atoms with Gasteiger partial charge in [-0.05, 0) is 35.4 Å². The molecule has 0 radical (unpaired) electrons. The van der Waals surface area contributed by atoms with Crippen LogP contribution in [0.15, 0.2) is 58.4 Å². The maximum absolute atomic E-state index is 11.1. The third-order valence-electron chi connectivity index (χ3n) is 2.66. The third kappa shape index (κ3) is 3.91. The number of phenolic OH excluding ortho intramolecular Hbond substituents is 1. The second kappa shape index (κ2) is 5.85. The zero-order chi connectivity index (χ0) is 14.6. The monoisotopic (exact) mass is 290 g/mol. The molecule has 3 N–H and O–H groups in total. The van der Waals surface area contributed by atoms with Gasteiger partial charge in [0, 0.05) is 6.21 Å². The quantitative estimate of drug-likeness (QED) is 0.839. The zero-order valence-corrected chi connectivity index (χ0v) is 11.4. The number of aliphatic imine (C=N–C) groups is 1. The Morgan fingerprint density at radius 1 is 1.05 bits per heavy atom. The number of hydrogen-bond donors (Lipinski definition) is 2. The highest BCUT2D eigenvalue weighted by molar-refractivity contribution is 7.89. The van der Waals surface area contributed by atoms with E-state index in [1.165, 1.54) is 12.1 Å². The molecule has 2 aromatic carbocycles. The standard InChI is InChI=1S/C14H14N2O3S/c15-20(18,19)14-7-3-12(4-8-14)10-16-9-11-1-5-13(17)6-2-11/h1-8,10,17H,9H2,(H2,15,18,19). The SMILES string of the molecule is NS(=O)(=O)c1ccc(C=NCc2ccc(O)cc2)cc1. The van der Waals surface area contributed by atoms with Gasteiger partial charge >= 0.3 is 0 Å². The van der Waals surface area contributed by atoms with E-state index in [9.17, 15) is 8.42 Å². The molecular weight excluding hydrogens is 276 g/mol. The third-order valence-corrected chi connectivity index (χ3v) is 3.59. The second-order valence-corrected chi connectivity index (χ2v) is 5.81. The van der Waals surface area contributed by atoms with Crippen molar-refractivity contribution in [3.05, 3.63) is 59.7 Å². The molecule has 0 aliphatic rings. The Morgan fingerprint density at radius 3 is 2.20 bits per heavy atom. The molecule has 0 saturated carbocycles. The van der Waals surface area contributed by atoms with Crippen molar-refractivity contribution in [2.24, 2.45) is 10.1 Å². The average Bonchev–Trinajstić information content (AvgIpc) is 2.41. The van der Waals surface area contributed by atoms with Gasteiger partial charge in [-0.15, -0.1) is 0 Å². The Morgan fingerprint density at radius 2 is 1.65 bits per heavy atom. The van der Waals surface area contributed by atoms with Crippen LogP contribution in [0.4, 0.5) is 0 Å². The molecule has 0 aliphatic carbocycles. The lowest BCUT2D eigenvalue weighted by Gasteiger charge is -1.99. The number of primary sulfonamides is 1. The van der Waals surface area contributed by atoms with Crippen LogP contribution < -0.4 is 5.14 Å². The number of nitrogens with zero attached hydrogens (tertiary/aromatic N) is 1. The van der Waals surface area contributed by atoms with Crippen molar-refractivity contribution in [2.75, 3.05) is 0 Å². The summed E-state index contributed by atoms with van der Waals surface area (Å²) in [6, 6.07) is 12.9. The van der Waals surface area contributed by atoms with E-state index in [0.29, 0.717) is 6.54 Å². The first kappa shape index (κ1) is 14.2. The normalized spacial score (nSPS) is 11.8. The first-order chi connectivity index (χ1) is 9.45. The smallest absolute Gasteiger partial charge is 0.238 e. The number of nitrogens with two attached hydrogens (primary N) is 1. The molecule has 0 aromatic heterocycles. The van der Waals surface area contributed by atoms with Crippen LogP contribution in [-0.4, -0.2) is 19.7 Å². The van der Waals surface area contributed by atoms with Gasteiger partial charge in [-0.2, -0.15) is 0 Å². The summed E-state index contributed by atoms with van der Waals surface area (Å²) in [4.78, 5) is 4.32. The molecule has 2 aromatic rings. The summed E-state index contributed by atoms with van der Waals surface area (Å²) in [5.41, 5.74) is 1.76. The van der Waals surface area contributed by atoms with Gasteiger partial charge in [-0.25, -0.2) is 13.6 Å². The van der Waals surface area contributed by atoms with Gasteiger partial charge in [0.05, 0.1) is 11.4 Å². The summed E-state index contributed by atoms with van der Waals surface area (Å²) in [5.74, 6) is 0.219. The van der Waals surface area contributed by atoms with Gasteiger partial charge in [-0.1, -0.05) is 24.3 Å². The topological polar surface area (TPSA) is 92.8 Å². The molecule has 0 unspecified atom stereocenters. The molecule has 0 saturated heterocycles. The molecule has 0 heterocycles. The number of hydrogen-bond acceptors (Lipinski definition) is 4. The summed E-state index contributed by atoms with van der Waals surface area (Å²) >= 11 is 0. The van der Waals surface area contributed by atoms with Gasteiger partial charge in [0.25, 0.3) is 0 Å². The Balaban J connectivity index is 2.03. The van der Waals surface area contributed by atoms with Crippen molar-refractivity contribution in [2.45, 2.75) is 11.4 Å². The van der Waals surface area contributed by atoms with Gasteiger partial charge in [0.2, 0.25) is 10.0 Å². The van der Waals surface area contributed by atoms with Crippen molar-refractivity contribution >= 4 is 16.2 Å². The fourth-order valence-electron chi connectivity index (χ4n) is 1.60. The zero-order valence-electron chi connectivity index (χ0n) is 10.6. The molecule has 0 spiro atoms. The van der Waals surface area contributed by atoms with E-state index in [1.54, 1.807) is 42.6 Å². The van der Waals surface area contributed by atoms with Crippen molar-refractivity contribution in [3.63, 3.8) is 0 Å². The van der Waals surface area contributed by atoms with E-state index in [4.69, 9.17) is 10.2 Å². The largest absolute Gasteiger partial charge is 0.508 e. The predicted octanol–water partition coefficient (Wildman–Crippen LogP) is 1.66. The van der Waals surface area contributed by atoms with Crippen molar-refractivity contribution in [1.82, 2.24) is 0 Å². The van der Waals surface area contributed by atoms with Crippen LogP contribution in [0.25, 0.3) is 0 Å². The fraction of sp³-hybridized carbons (Fsp3) is 0.0714. The molecule has 5 nitrogen and oxygen atoms in total. The summed E-state index contributed by atoms with van der Waals surface area (Å²) in [6.45, 7) is 0.483. The van der Waals surface area contributed by atoms with Crippen molar-refractivity contribution in [3.8, 4) is 5.75 Å². The Labute approximate surface area is 117 Å². The first-order valence-electron chi connectivity index (χ1n) is 5.86. The van der Waals surface area contributed by atoms with E-state index in [0.717, 1.165) is 11.1 Å². The van der Waals surface area contributed by atoms with Crippen molar-refractivity contribution in [1.29, 1.82) is 0 Å². The van der Waals surface area contributed by atoms with Crippen LogP contribution >= 0.6 is 0 Å². The minimum atomic E-state index is -3.66. The van der Waals surface area contributed by atoms with E-state index in [2.05, 4.69) is 4.99 Å². The molecule has 2 rings (SSSR count). The molecule has 0 aliphatic heterocycles. The van der Waals surface area contributed by atoms with Gasteiger partial charge < -0.3 is 5.11 Å². The molecule has 0 atom stereocenters. The average molecular weight is 290 g/mol. The Bertz CT molecular complexity index is 705. The van der Waals surface area contributed by atoms with E-state index < -0.39 is 10.0 Å². The van der Waals surface area contributed by atoms with Crippen LogP contribution in [0.1, 0.15) is 11.1 Å². The summed E-state index contributed by atoms with van der Waals surface area (Å²) < 4.78 is 22.2. The minimum Gasteiger partial charge on any atom is -0.508 e. The highest BCUT2D eigenvalue weighted by atomic mass is 32.2. The van der Waals surface area contributed by atoms with Gasteiger partial charge in [0.15, 0.2) is 0 Å². The lowest BCUT2D eigenvalue weighted by Crippen LogP contribution is -2.11. The number of sulfonamides is 1. The fourth-order valence-corrected chi connectivity index (χ4v) is 2.12. The second-order valence-electron chi connectivity index (χ2n) is 4.25. The van der Waals surface area contributed by atoms with E-state index in [1.807, 2.05) is 0 Å². The lowest BCUT2D eigenvalue weighted by molar-refractivity contribution is 0.475. The van der Waals surface area contributed by atoms with Gasteiger partial charge in [-0.3, -0.25) is 4.99 Å². The Hall–Kier alpha value is -2.18. The molecular formula is C14H14N2O3S. The maximum atomic E-state index is 11.1. The minimum absolute atomic E-state index is 0.0770. The summed E-state index contributed by atoms with van der Waals surface area (Å²) in [5, 5.41) is 14.2. The number of benzene rings is 2. The molecule has 0 bridgehead atoms. The Kier molecular flexibility index (Phi) is 4.16. The van der Waals surface area contributed by atoms with Crippen LogP contribution in [-0.2, 0) is 16.6 Å². The molecule has 20 heavy (non-hydrogen) atoms. The van der Waals surface area contributed by atoms with Crippen molar-refractivity contribution < 1.29 is 13.5 Å².